The molecule has 1 aromatic heterocycles. The number of pyridine rings is 1. The Labute approximate surface area is 63.5 Å². The summed E-state index contributed by atoms with van der Waals surface area (Å²) in [5, 5.41) is 17.5. The van der Waals surface area contributed by atoms with E-state index >= 15 is 0 Å². The number of hydrogen-bond donors (Lipinski definition) is 2. The Morgan fingerprint density at radius 3 is 2.82 bits per heavy atom. The highest BCUT2D eigenvalue weighted by Crippen LogP contribution is 1.95. The second-order valence-corrected chi connectivity index (χ2v) is 1.89. The second kappa shape index (κ2) is 3.09. The van der Waals surface area contributed by atoms with Gasteiger partial charge >= 0.3 is 0 Å². The standard InChI is InChI=1S/C6H7N4O/c7-6(10(8)11)5-3-1-2-4-9-5/h1-4,7H,8H2/q-1. The fourth-order valence-corrected chi connectivity index (χ4v) is 0.616. The average molecular weight is 151 g/mol. The SMILES string of the molecule is N=C(c1ccccn1)N(N)[O-]. The monoisotopic (exact) mass is 151 g/mol. The van der Waals surface area contributed by atoms with E-state index in [0.717, 1.165) is 0 Å². The van der Waals surface area contributed by atoms with Gasteiger partial charge in [0.2, 0.25) is 0 Å². The predicted octanol–water partition coefficient (Wildman–Crippen LogP) is 0.0805. The number of amidine groups is 1. The highest BCUT2D eigenvalue weighted by Gasteiger charge is 1.98. The summed E-state index contributed by atoms with van der Waals surface area (Å²) in [6.07, 6.45) is 1.49. The second-order valence-electron chi connectivity index (χ2n) is 1.89. The molecule has 1 aromatic rings. The van der Waals surface area contributed by atoms with Crippen molar-refractivity contribution in [3.8, 4) is 0 Å². The number of aromatic nitrogens is 1. The van der Waals surface area contributed by atoms with Crippen molar-refractivity contribution >= 4 is 5.84 Å². The van der Waals surface area contributed by atoms with Crippen LogP contribution in [-0.4, -0.2) is 16.0 Å². The molecule has 0 amide bonds. The molecule has 5 heteroatoms. The van der Waals surface area contributed by atoms with Crippen molar-refractivity contribution in [3.63, 3.8) is 0 Å². The molecule has 1 rings (SSSR count). The zero-order valence-corrected chi connectivity index (χ0v) is 5.69. The van der Waals surface area contributed by atoms with Gasteiger partial charge in [-0.15, -0.1) is 0 Å². The normalized spacial score (nSPS) is 9.27. The lowest BCUT2D eigenvalue weighted by molar-refractivity contribution is 0.595. The Balaban J connectivity index is 2.86. The van der Waals surface area contributed by atoms with Crippen LogP contribution in [-0.2, 0) is 0 Å². The lowest BCUT2D eigenvalue weighted by atomic mass is 10.3. The lowest BCUT2D eigenvalue weighted by Crippen LogP contribution is -2.31. The molecular weight excluding hydrogens is 144 g/mol. The highest BCUT2D eigenvalue weighted by atomic mass is 16.5. The van der Waals surface area contributed by atoms with E-state index in [9.17, 15) is 5.21 Å². The number of hydroxylamine groups is 1. The third-order valence-electron chi connectivity index (χ3n) is 1.13. The maximum atomic E-state index is 10.4. The van der Waals surface area contributed by atoms with Gasteiger partial charge in [0.15, 0.2) is 5.84 Å². The molecule has 0 saturated heterocycles. The molecule has 0 aromatic carbocycles. The molecule has 0 spiro atoms. The van der Waals surface area contributed by atoms with E-state index in [0.29, 0.717) is 0 Å². The van der Waals surface area contributed by atoms with Gasteiger partial charge in [0.25, 0.3) is 0 Å². The van der Waals surface area contributed by atoms with Crippen LogP contribution >= 0.6 is 0 Å². The summed E-state index contributed by atoms with van der Waals surface area (Å²) >= 11 is 0. The third-order valence-corrected chi connectivity index (χ3v) is 1.13. The first kappa shape index (κ1) is 7.64. The first-order chi connectivity index (χ1) is 5.22. The van der Waals surface area contributed by atoms with Crippen molar-refractivity contribution in [2.24, 2.45) is 5.84 Å². The van der Waals surface area contributed by atoms with Crippen LogP contribution in [0.4, 0.5) is 0 Å². The summed E-state index contributed by atoms with van der Waals surface area (Å²) in [6, 6.07) is 4.92. The van der Waals surface area contributed by atoms with Crippen LogP contribution in [0.2, 0.25) is 0 Å². The number of rotatable bonds is 1. The Hall–Kier alpha value is -1.46. The van der Waals surface area contributed by atoms with Gasteiger partial charge in [-0.3, -0.25) is 16.2 Å². The van der Waals surface area contributed by atoms with Gasteiger partial charge in [0.05, 0.1) is 0 Å². The molecule has 58 valence electrons. The Kier molecular flexibility index (Phi) is 2.15. The van der Waals surface area contributed by atoms with Gasteiger partial charge in [0, 0.05) is 6.20 Å². The Morgan fingerprint density at radius 2 is 2.36 bits per heavy atom. The Morgan fingerprint density at radius 1 is 1.64 bits per heavy atom. The fraction of sp³-hybridized carbons (Fsp3) is 0. The van der Waals surface area contributed by atoms with Crippen LogP contribution in [0.25, 0.3) is 0 Å². The van der Waals surface area contributed by atoms with Crippen LogP contribution in [0.15, 0.2) is 24.4 Å². The maximum absolute atomic E-state index is 10.4. The van der Waals surface area contributed by atoms with E-state index in [2.05, 4.69) is 4.98 Å². The maximum Gasteiger partial charge on any atom is 0.150 e. The van der Waals surface area contributed by atoms with Crippen molar-refractivity contribution in [1.29, 1.82) is 5.41 Å². The van der Waals surface area contributed by atoms with E-state index in [1.54, 1.807) is 18.2 Å². The number of hydrogen-bond acceptors (Lipinski definition) is 4. The summed E-state index contributed by atoms with van der Waals surface area (Å²) in [6.45, 7) is 0. The average Bonchev–Trinajstić information content (AvgIpc) is 2.05. The molecule has 3 N–H and O–H groups in total. The zero-order valence-electron chi connectivity index (χ0n) is 5.69. The first-order valence-electron chi connectivity index (χ1n) is 2.93. The smallest absolute Gasteiger partial charge is 0.150 e. The lowest BCUT2D eigenvalue weighted by Gasteiger charge is -2.23. The summed E-state index contributed by atoms with van der Waals surface area (Å²) in [5.74, 6) is 4.44. The molecule has 0 atom stereocenters. The van der Waals surface area contributed by atoms with Crippen LogP contribution < -0.4 is 5.84 Å². The molecule has 0 aliphatic carbocycles. The van der Waals surface area contributed by atoms with E-state index in [1.807, 2.05) is 0 Å². The number of hydrazine groups is 1. The van der Waals surface area contributed by atoms with Crippen molar-refractivity contribution in [1.82, 2.24) is 10.2 Å². The molecule has 0 radical (unpaired) electrons. The summed E-state index contributed by atoms with van der Waals surface area (Å²) in [7, 11) is 0. The molecule has 11 heavy (non-hydrogen) atoms. The molecule has 0 unspecified atom stereocenters. The van der Waals surface area contributed by atoms with Crippen LogP contribution in [0, 0.1) is 10.6 Å². The zero-order chi connectivity index (χ0) is 8.27. The minimum Gasteiger partial charge on any atom is -0.742 e. The van der Waals surface area contributed by atoms with Gasteiger partial charge in [-0.1, -0.05) is 6.07 Å². The van der Waals surface area contributed by atoms with E-state index in [1.165, 1.54) is 6.20 Å². The van der Waals surface area contributed by atoms with Gasteiger partial charge in [-0.05, 0) is 12.1 Å². The number of nitrogens with one attached hydrogen (secondary N) is 1. The highest BCUT2D eigenvalue weighted by molar-refractivity contribution is 5.94. The van der Waals surface area contributed by atoms with Crippen molar-refractivity contribution < 1.29 is 0 Å². The number of nitrogens with zero attached hydrogens (tertiary/aromatic N) is 2. The predicted molar refractivity (Wildman–Crippen MR) is 40.5 cm³/mol. The quantitative estimate of drug-likeness (QED) is 0.257. The van der Waals surface area contributed by atoms with Crippen molar-refractivity contribution in [3.05, 3.63) is 35.3 Å². The minimum atomic E-state index is -0.342. The van der Waals surface area contributed by atoms with E-state index in [-0.39, 0.29) is 16.7 Å². The molecule has 0 bridgehead atoms. The molecule has 0 aliphatic heterocycles. The largest absolute Gasteiger partial charge is 0.742 e. The minimum absolute atomic E-state index is 0.0255. The molecule has 0 aliphatic rings. The topological polar surface area (TPSA) is 89.1 Å². The van der Waals surface area contributed by atoms with Crippen molar-refractivity contribution in [2.75, 3.05) is 0 Å². The Bertz CT molecular complexity index is 246. The molecule has 5 nitrogen and oxygen atoms in total. The van der Waals surface area contributed by atoms with Crippen LogP contribution in [0.5, 0.6) is 0 Å². The van der Waals surface area contributed by atoms with Gasteiger partial charge in [0.1, 0.15) is 5.69 Å². The molecule has 0 saturated carbocycles. The summed E-state index contributed by atoms with van der Waals surface area (Å²) < 4.78 is 0. The number of nitrogens with two attached hydrogens (primary N) is 1. The van der Waals surface area contributed by atoms with Gasteiger partial charge < -0.3 is 10.4 Å². The van der Waals surface area contributed by atoms with E-state index in [4.69, 9.17) is 11.3 Å². The third kappa shape index (κ3) is 1.73. The molecule has 1 heterocycles. The van der Waals surface area contributed by atoms with Crippen LogP contribution in [0.3, 0.4) is 0 Å². The fourth-order valence-electron chi connectivity index (χ4n) is 0.616. The van der Waals surface area contributed by atoms with Crippen LogP contribution in [0.1, 0.15) is 5.69 Å². The van der Waals surface area contributed by atoms with Gasteiger partial charge in [-0.25, -0.2) is 0 Å². The first-order valence-corrected chi connectivity index (χ1v) is 2.93. The van der Waals surface area contributed by atoms with E-state index < -0.39 is 0 Å². The molecular formula is C6H7N4O-. The van der Waals surface area contributed by atoms with Gasteiger partial charge in [-0.2, -0.15) is 0 Å². The van der Waals surface area contributed by atoms with Crippen molar-refractivity contribution in [2.45, 2.75) is 0 Å². The summed E-state index contributed by atoms with van der Waals surface area (Å²) in [4.78, 5) is 3.75. The molecule has 0 fully saturated rings. The summed E-state index contributed by atoms with van der Waals surface area (Å²) in [5.41, 5.74) is 0.269.